The van der Waals surface area contributed by atoms with Gasteiger partial charge in [0.25, 0.3) is 0 Å². The first-order valence-electron chi connectivity index (χ1n) is 4.87. The molecule has 0 spiro atoms. The van der Waals surface area contributed by atoms with E-state index in [0.717, 1.165) is 12.0 Å². The minimum absolute atomic E-state index is 0.0354. The molecule has 15 heavy (non-hydrogen) atoms. The molecule has 0 saturated carbocycles. The van der Waals surface area contributed by atoms with Crippen LogP contribution in [0.15, 0.2) is 18.2 Å². The maximum Gasteiger partial charge on any atom is 0.160 e. The van der Waals surface area contributed by atoms with E-state index in [1.807, 2.05) is 6.07 Å². The Hall–Kier alpha value is -1.26. The lowest BCUT2D eigenvalue weighted by Gasteiger charge is -2.23. The number of phenolic OH excluding ortho intramolecular Hbond substituents is 1. The van der Waals surface area contributed by atoms with E-state index < -0.39 is 0 Å². The molecule has 1 saturated heterocycles. The second-order valence-electron chi connectivity index (χ2n) is 3.40. The van der Waals surface area contributed by atoms with Crippen LogP contribution in [0.2, 0.25) is 0 Å². The van der Waals surface area contributed by atoms with Crippen LogP contribution in [0.3, 0.4) is 0 Å². The molecule has 0 aromatic heterocycles. The summed E-state index contributed by atoms with van der Waals surface area (Å²) in [6.07, 6.45) is 0.863. The summed E-state index contributed by atoms with van der Waals surface area (Å²) in [6, 6.07) is 5.26. The summed E-state index contributed by atoms with van der Waals surface area (Å²) in [7, 11) is 1.53. The van der Waals surface area contributed by atoms with Gasteiger partial charge in [0, 0.05) is 6.42 Å². The molecule has 4 nitrogen and oxygen atoms in total. The van der Waals surface area contributed by atoms with E-state index in [2.05, 4.69) is 0 Å². The molecule has 1 fully saturated rings. The van der Waals surface area contributed by atoms with Gasteiger partial charge in [0.05, 0.1) is 19.8 Å². The van der Waals surface area contributed by atoms with Gasteiger partial charge < -0.3 is 19.3 Å². The zero-order valence-electron chi connectivity index (χ0n) is 8.60. The highest BCUT2D eigenvalue weighted by Gasteiger charge is 2.17. The van der Waals surface area contributed by atoms with Crippen molar-refractivity contribution >= 4 is 0 Å². The van der Waals surface area contributed by atoms with Crippen molar-refractivity contribution in [2.45, 2.75) is 12.5 Å². The third-order valence-corrected chi connectivity index (χ3v) is 2.45. The summed E-state index contributed by atoms with van der Waals surface area (Å²) >= 11 is 0. The van der Waals surface area contributed by atoms with Crippen molar-refractivity contribution in [2.75, 3.05) is 20.5 Å². The van der Waals surface area contributed by atoms with Crippen molar-refractivity contribution < 1.29 is 19.3 Å². The first kappa shape index (κ1) is 10.3. The number of aromatic hydroxyl groups is 1. The van der Waals surface area contributed by atoms with Crippen molar-refractivity contribution in [3.05, 3.63) is 23.8 Å². The van der Waals surface area contributed by atoms with Crippen molar-refractivity contribution in [3.8, 4) is 11.5 Å². The molecular weight excluding hydrogens is 196 g/mol. The molecule has 0 aliphatic carbocycles. The number of hydrogen-bond donors (Lipinski definition) is 1. The van der Waals surface area contributed by atoms with Gasteiger partial charge in [-0.15, -0.1) is 0 Å². The monoisotopic (exact) mass is 210 g/mol. The molecule has 0 amide bonds. The van der Waals surface area contributed by atoms with Gasteiger partial charge >= 0.3 is 0 Å². The number of rotatable bonds is 2. The minimum atomic E-state index is 0.0354. The maximum absolute atomic E-state index is 9.44. The smallest absolute Gasteiger partial charge is 0.160 e. The molecule has 1 aromatic rings. The van der Waals surface area contributed by atoms with Crippen molar-refractivity contribution in [3.63, 3.8) is 0 Å². The van der Waals surface area contributed by atoms with Crippen LogP contribution in [-0.4, -0.2) is 25.6 Å². The summed E-state index contributed by atoms with van der Waals surface area (Å²) in [5.41, 5.74) is 1.01. The number of phenols is 1. The van der Waals surface area contributed by atoms with Gasteiger partial charge in [0.15, 0.2) is 11.5 Å². The highest BCUT2D eigenvalue weighted by molar-refractivity contribution is 5.42. The lowest BCUT2D eigenvalue weighted by atomic mass is 10.1. The topological polar surface area (TPSA) is 47.9 Å². The average molecular weight is 210 g/mol. The van der Waals surface area contributed by atoms with E-state index in [-0.39, 0.29) is 11.9 Å². The van der Waals surface area contributed by atoms with Crippen LogP contribution >= 0.6 is 0 Å². The van der Waals surface area contributed by atoms with Crippen LogP contribution in [0.4, 0.5) is 0 Å². The van der Waals surface area contributed by atoms with E-state index in [1.54, 1.807) is 12.1 Å². The molecule has 1 unspecified atom stereocenters. The SMILES string of the molecule is COc1cc(C2CCOCO2)ccc1O. The Morgan fingerprint density at radius 2 is 2.33 bits per heavy atom. The van der Waals surface area contributed by atoms with E-state index in [0.29, 0.717) is 19.1 Å². The van der Waals surface area contributed by atoms with Gasteiger partial charge in [-0.3, -0.25) is 0 Å². The second-order valence-corrected chi connectivity index (χ2v) is 3.40. The largest absolute Gasteiger partial charge is 0.504 e. The first-order valence-corrected chi connectivity index (χ1v) is 4.87. The van der Waals surface area contributed by atoms with Gasteiger partial charge in [-0.05, 0) is 17.7 Å². The van der Waals surface area contributed by atoms with E-state index >= 15 is 0 Å². The quantitative estimate of drug-likeness (QED) is 0.809. The minimum Gasteiger partial charge on any atom is -0.504 e. The Morgan fingerprint density at radius 1 is 1.47 bits per heavy atom. The van der Waals surface area contributed by atoms with Gasteiger partial charge in [-0.1, -0.05) is 6.07 Å². The van der Waals surface area contributed by atoms with E-state index in [1.165, 1.54) is 7.11 Å². The van der Waals surface area contributed by atoms with Crippen LogP contribution in [0.1, 0.15) is 18.1 Å². The van der Waals surface area contributed by atoms with Crippen molar-refractivity contribution in [1.29, 1.82) is 0 Å². The highest BCUT2D eigenvalue weighted by Crippen LogP contribution is 2.32. The van der Waals surface area contributed by atoms with Crippen molar-refractivity contribution in [1.82, 2.24) is 0 Å². The molecule has 1 aliphatic rings. The summed E-state index contributed by atoms with van der Waals surface area (Å²) in [5.74, 6) is 0.621. The predicted molar refractivity (Wildman–Crippen MR) is 53.9 cm³/mol. The molecule has 2 rings (SSSR count). The number of methoxy groups -OCH3 is 1. The average Bonchev–Trinajstić information content (AvgIpc) is 2.31. The fourth-order valence-electron chi connectivity index (χ4n) is 1.62. The van der Waals surface area contributed by atoms with Crippen LogP contribution in [0, 0.1) is 0 Å². The Bertz CT molecular complexity index is 331. The molecule has 1 atom stereocenters. The molecular formula is C11H14O4. The summed E-state index contributed by atoms with van der Waals surface area (Å²) in [4.78, 5) is 0. The van der Waals surface area contributed by atoms with E-state index in [9.17, 15) is 5.11 Å². The lowest BCUT2D eigenvalue weighted by molar-refractivity contribution is -0.141. The van der Waals surface area contributed by atoms with Gasteiger partial charge in [0.2, 0.25) is 0 Å². The fraction of sp³-hybridized carbons (Fsp3) is 0.455. The van der Waals surface area contributed by atoms with Crippen LogP contribution in [-0.2, 0) is 9.47 Å². The van der Waals surface area contributed by atoms with Crippen molar-refractivity contribution in [2.24, 2.45) is 0 Å². The molecule has 1 aromatic carbocycles. The summed E-state index contributed by atoms with van der Waals surface area (Å²) < 4.78 is 15.6. The standard InChI is InChI=1S/C11H14O4/c1-13-11-6-8(2-3-9(11)12)10-4-5-14-7-15-10/h2-3,6,10,12H,4-5,7H2,1H3. The normalized spacial score (nSPS) is 21.3. The third kappa shape index (κ3) is 2.22. The summed E-state index contributed by atoms with van der Waals surface area (Å²) in [5, 5.41) is 9.44. The zero-order chi connectivity index (χ0) is 10.7. The Kier molecular flexibility index (Phi) is 3.08. The van der Waals surface area contributed by atoms with E-state index in [4.69, 9.17) is 14.2 Å². The maximum atomic E-state index is 9.44. The molecule has 1 heterocycles. The second kappa shape index (κ2) is 4.51. The summed E-state index contributed by atoms with van der Waals surface area (Å²) in [6.45, 7) is 1.03. The molecule has 0 bridgehead atoms. The molecule has 0 radical (unpaired) electrons. The third-order valence-electron chi connectivity index (χ3n) is 2.45. The van der Waals surface area contributed by atoms with Crippen LogP contribution in [0.25, 0.3) is 0 Å². The van der Waals surface area contributed by atoms with Gasteiger partial charge in [-0.25, -0.2) is 0 Å². The first-order chi connectivity index (χ1) is 7.31. The fourth-order valence-corrected chi connectivity index (χ4v) is 1.62. The Balaban J connectivity index is 2.20. The molecule has 1 N–H and O–H groups in total. The number of benzene rings is 1. The molecule has 1 aliphatic heterocycles. The number of ether oxygens (including phenoxy) is 3. The lowest BCUT2D eigenvalue weighted by Crippen LogP contribution is -2.17. The highest BCUT2D eigenvalue weighted by atomic mass is 16.7. The van der Waals surface area contributed by atoms with Crippen LogP contribution in [0.5, 0.6) is 11.5 Å². The Morgan fingerprint density at radius 3 is 3.00 bits per heavy atom. The zero-order valence-corrected chi connectivity index (χ0v) is 8.60. The molecule has 4 heteroatoms. The van der Waals surface area contributed by atoms with Gasteiger partial charge in [0.1, 0.15) is 6.79 Å². The van der Waals surface area contributed by atoms with Gasteiger partial charge in [-0.2, -0.15) is 0 Å². The predicted octanol–water partition coefficient (Wildman–Crippen LogP) is 1.84. The molecule has 82 valence electrons. The Labute approximate surface area is 88.4 Å². The number of hydrogen-bond acceptors (Lipinski definition) is 4. The van der Waals surface area contributed by atoms with Crippen LogP contribution < -0.4 is 4.74 Å².